The van der Waals surface area contributed by atoms with Crippen molar-refractivity contribution in [2.45, 2.75) is 21.8 Å². The van der Waals surface area contributed by atoms with Crippen LogP contribution in [0.2, 0.25) is 0 Å². The average molecular weight is 152 g/mol. The normalized spacial score (nSPS) is 5.20. The Balaban J connectivity index is -0.0000000326. The molecule has 0 aromatic rings. The molecule has 0 atom stereocenters. The zero-order valence-corrected chi connectivity index (χ0v) is 5.72. The summed E-state index contributed by atoms with van der Waals surface area (Å²) in [5.74, 6) is -0.245. The molecule has 0 radical (unpaired) electrons. The van der Waals surface area contributed by atoms with E-state index < -0.39 is 0 Å². The van der Waals surface area contributed by atoms with Crippen molar-refractivity contribution in [1.82, 2.24) is 0 Å². The lowest BCUT2D eigenvalue weighted by atomic mass is 10.8. The molecule has 10 heavy (non-hydrogen) atoms. The number of hydrogen-bond donors (Lipinski definition) is 0. The summed E-state index contributed by atoms with van der Waals surface area (Å²) in [6.07, 6.45) is 0. The molecular weight excluding hydrogens is 132 g/mol. The number of ether oxygens (including phenoxy) is 2. The highest BCUT2D eigenvalue weighted by molar-refractivity contribution is 5.65. The molecule has 0 saturated carbocycles. The number of methoxy groups -OCH3 is 2. The zero-order valence-electron chi connectivity index (χ0n) is 5.72. The van der Waals surface area contributed by atoms with Crippen molar-refractivity contribution in [3.63, 3.8) is 0 Å². The van der Waals surface area contributed by atoms with Gasteiger partial charge in [0.1, 0.15) is 0 Å². The Kier molecular flexibility index (Phi) is 53.9. The number of carbonyl (C=O) groups excluding carboxylic acids is 1. The first-order chi connectivity index (χ1) is 3.68. The van der Waals surface area contributed by atoms with Crippen LogP contribution in [-0.2, 0) is 14.3 Å². The lowest BCUT2D eigenvalue weighted by Gasteiger charge is -1.80. The van der Waals surface area contributed by atoms with Crippen molar-refractivity contribution in [2.24, 2.45) is 0 Å². The molecule has 0 aliphatic heterocycles. The van der Waals surface area contributed by atoms with Gasteiger partial charge in [-0.3, -0.25) is 4.79 Å². The Labute approximate surface area is 64.3 Å². The van der Waals surface area contributed by atoms with E-state index in [1.54, 1.807) is 14.2 Å². The van der Waals surface area contributed by atoms with Crippen LogP contribution in [0.25, 0.3) is 0 Å². The van der Waals surface area contributed by atoms with E-state index >= 15 is 0 Å². The summed E-state index contributed by atoms with van der Waals surface area (Å²) in [7, 11) is 4.60. The molecule has 66 valence electrons. The maximum Gasteiger partial charge on any atom is 0.302 e. The monoisotopic (exact) mass is 152 g/mol. The smallest absolute Gasteiger partial charge is 0.302 e. The van der Waals surface area contributed by atoms with Crippen LogP contribution in [0.3, 0.4) is 0 Å². The van der Waals surface area contributed by atoms with Gasteiger partial charge in [-0.1, -0.05) is 14.9 Å². The van der Waals surface area contributed by atoms with Crippen LogP contribution in [0.1, 0.15) is 21.8 Å². The largest absolute Gasteiger partial charge is 0.469 e. The van der Waals surface area contributed by atoms with Crippen LogP contribution in [0.15, 0.2) is 0 Å². The standard InChI is InChI=1S/C3H6O2.C2H6O.2CH4/c1-3(4)5-2;1-3-2;;/h1-2H3;1-2H3;2*1H4. The van der Waals surface area contributed by atoms with Gasteiger partial charge in [-0.25, -0.2) is 0 Å². The Bertz CT molecular complexity index is 52.8. The lowest BCUT2D eigenvalue weighted by molar-refractivity contribution is -0.137. The minimum atomic E-state index is -0.245. The average Bonchev–Trinajstić information content (AvgIpc) is 1.69. The van der Waals surface area contributed by atoms with Crippen molar-refractivity contribution in [3.05, 3.63) is 0 Å². The van der Waals surface area contributed by atoms with Crippen LogP contribution >= 0.6 is 0 Å². The summed E-state index contributed by atoms with van der Waals surface area (Å²) >= 11 is 0. The van der Waals surface area contributed by atoms with Crippen LogP contribution in [-0.4, -0.2) is 27.3 Å². The minimum absolute atomic E-state index is 0. The molecule has 0 unspecified atom stereocenters. The van der Waals surface area contributed by atoms with Gasteiger partial charge in [-0.2, -0.15) is 0 Å². The highest BCUT2D eigenvalue weighted by Gasteiger charge is 1.75. The van der Waals surface area contributed by atoms with Gasteiger partial charge in [0.15, 0.2) is 0 Å². The van der Waals surface area contributed by atoms with Gasteiger partial charge >= 0.3 is 5.97 Å². The van der Waals surface area contributed by atoms with Gasteiger partial charge in [-0.15, -0.1) is 0 Å². The summed E-state index contributed by atoms with van der Waals surface area (Å²) in [5.41, 5.74) is 0. The van der Waals surface area contributed by atoms with Crippen molar-refractivity contribution in [1.29, 1.82) is 0 Å². The van der Waals surface area contributed by atoms with Crippen LogP contribution < -0.4 is 0 Å². The van der Waals surface area contributed by atoms with E-state index in [0.29, 0.717) is 0 Å². The third-order valence-electron chi connectivity index (χ3n) is 0.287. The first-order valence-electron chi connectivity index (χ1n) is 2.13. The SMILES string of the molecule is C.C.COC.COC(C)=O. The zero-order chi connectivity index (χ0) is 6.99. The number of hydrogen-bond acceptors (Lipinski definition) is 3. The topological polar surface area (TPSA) is 35.5 Å². The Morgan fingerprint density at radius 2 is 1.20 bits per heavy atom. The fourth-order valence-electron chi connectivity index (χ4n) is 0. The Morgan fingerprint density at radius 1 is 1.10 bits per heavy atom. The minimum Gasteiger partial charge on any atom is -0.469 e. The molecule has 0 rings (SSSR count). The molecule has 0 N–H and O–H groups in total. The van der Waals surface area contributed by atoms with E-state index in [0.717, 1.165) is 0 Å². The number of rotatable bonds is 0. The Morgan fingerprint density at radius 3 is 1.20 bits per heavy atom. The fraction of sp³-hybridized carbons (Fsp3) is 0.857. The molecule has 0 heterocycles. The third kappa shape index (κ3) is 150. The maximum atomic E-state index is 9.59. The van der Waals surface area contributed by atoms with Crippen LogP contribution in [0.4, 0.5) is 0 Å². The predicted octanol–water partition coefficient (Wildman–Crippen LogP) is 1.71. The van der Waals surface area contributed by atoms with Crippen LogP contribution in [0.5, 0.6) is 0 Å². The first-order valence-corrected chi connectivity index (χ1v) is 2.13. The second kappa shape index (κ2) is 23.7. The molecule has 0 bridgehead atoms. The lowest BCUT2D eigenvalue weighted by Crippen LogP contribution is -1.88. The van der Waals surface area contributed by atoms with Crippen molar-refractivity contribution in [3.8, 4) is 0 Å². The summed E-state index contributed by atoms with van der Waals surface area (Å²) in [6, 6.07) is 0. The molecule has 0 aromatic heterocycles. The van der Waals surface area contributed by atoms with Gasteiger partial charge < -0.3 is 9.47 Å². The van der Waals surface area contributed by atoms with Crippen LogP contribution in [0, 0.1) is 0 Å². The number of esters is 1. The first kappa shape index (κ1) is 22.7. The molecule has 3 heteroatoms. The molecular formula is C7H20O3. The summed E-state index contributed by atoms with van der Waals surface area (Å²) in [4.78, 5) is 9.59. The van der Waals surface area contributed by atoms with E-state index in [-0.39, 0.29) is 20.8 Å². The van der Waals surface area contributed by atoms with Gasteiger partial charge in [-0.05, 0) is 0 Å². The third-order valence-corrected chi connectivity index (χ3v) is 0.287. The van der Waals surface area contributed by atoms with Gasteiger partial charge in [0.2, 0.25) is 0 Å². The predicted molar refractivity (Wildman–Crippen MR) is 44.1 cm³/mol. The highest BCUT2D eigenvalue weighted by atomic mass is 16.5. The molecule has 0 aliphatic rings. The van der Waals surface area contributed by atoms with Gasteiger partial charge in [0.25, 0.3) is 0 Å². The fourth-order valence-corrected chi connectivity index (χ4v) is 0. The molecule has 0 saturated heterocycles. The van der Waals surface area contributed by atoms with E-state index in [2.05, 4.69) is 9.47 Å². The molecule has 0 spiro atoms. The van der Waals surface area contributed by atoms with E-state index in [9.17, 15) is 4.79 Å². The highest BCUT2D eigenvalue weighted by Crippen LogP contribution is 1.60. The summed E-state index contributed by atoms with van der Waals surface area (Å²) in [6.45, 7) is 1.36. The summed E-state index contributed by atoms with van der Waals surface area (Å²) < 4.78 is 8.36. The van der Waals surface area contributed by atoms with E-state index in [4.69, 9.17) is 0 Å². The van der Waals surface area contributed by atoms with Gasteiger partial charge in [0.05, 0.1) is 7.11 Å². The molecule has 0 aromatic carbocycles. The number of carbonyl (C=O) groups is 1. The van der Waals surface area contributed by atoms with E-state index in [1.807, 2.05) is 0 Å². The van der Waals surface area contributed by atoms with E-state index in [1.165, 1.54) is 14.0 Å². The second-order valence-electron chi connectivity index (χ2n) is 1.10. The second-order valence-corrected chi connectivity index (χ2v) is 1.10. The summed E-state index contributed by atoms with van der Waals surface area (Å²) in [5, 5.41) is 0. The maximum absolute atomic E-state index is 9.59. The molecule has 0 amide bonds. The van der Waals surface area contributed by atoms with Crippen molar-refractivity contribution < 1.29 is 14.3 Å². The Hall–Kier alpha value is -0.570. The quantitative estimate of drug-likeness (QED) is 0.496. The molecule has 0 fully saturated rings. The molecule has 0 aliphatic carbocycles. The van der Waals surface area contributed by atoms with Gasteiger partial charge in [0, 0.05) is 21.1 Å². The van der Waals surface area contributed by atoms with Crippen molar-refractivity contribution >= 4 is 5.97 Å². The van der Waals surface area contributed by atoms with Crippen molar-refractivity contribution in [2.75, 3.05) is 21.3 Å². The molecule has 3 nitrogen and oxygen atoms in total.